The zero-order valence-corrected chi connectivity index (χ0v) is 9.35. The van der Waals surface area contributed by atoms with Crippen LogP contribution < -0.4 is 0 Å². The molecule has 1 heterocycles. The van der Waals surface area contributed by atoms with Crippen LogP contribution in [0.5, 0.6) is 0 Å². The van der Waals surface area contributed by atoms with Crippen molar-refractivity contribution in [2.75, 3.05) is 5.88 Å². The number of halogens is 2. The summed E-state index contributed by atoms with van der Waals surface area (Å²) in [4.78, 5) is 0. The summed E-state index contributed by atoms with van der Waals surface area (Å²) in [7, 11) is 0. The third-order valence-corrected chi connectivity index (χ3v) is 3.09. The molecule has 0 atom stereocenters. The molecular weight excluding hydrogens is 235 g/mol. The number of benzene rings is 1. The lowest BCUT2D eigenvalue weighted by atomic mass is 10.2. The number of aromatic nitrogens is 2. The van der Waals surface area contributed by atoms with Crippen molar-refractivity contribution >= 4 is 22.9 Å². The maximum atomic E-state index is 12.7. The number of aryl methyl sites for hydroxylation is 1. The molecule has 0 saturated carbocycles. The number of hydrogen-bond donors (Lipinski definition) is 0. The predicted molar refractivity (Wildman–Crippen MR) is 59.7 cm³/mol. The van der Waals surface area contributed by atoms with Gasteiger partial charge in [0, 0.05) is 17.9 Å². The van der Waals surface area contributed by atoms with Crippen LogP contribution in [0.4, 0.5) is 4.39 Å². The Morgan fingerprint density at radius 1 is 1.20 bits per heavy atom. The molecule has 0 saturated heterocycles. The van der Waals surface area contributed by atoms with Gasteiger partial charge in [0.25, 0.3) is 0 Å². The zero-order chi connectivity index (χ0) is 10.7. The number of hydrogen-bond acceptors (Lipinski definition) is 3. The number of rotatable bonds is 3. The minimum absolute atomic E-state index is 0.246. The van der Waals surface area contributed by atoms with Gasteiger partial charge in [0.05, 0.1) is 0 Å². The smallest absolute Gasteiger partial charge is 0.147 e. The summed E-state index contributed by atoms with van der Waals surface area (Å²) in [5, 5.41) is 9.73. The van der Waals surface area contributed by atoms with Crippen LogP contribution in [0.1, 0.15) is 5.01 Å². The van der Waals surface area contributed by atoms with E-state index in [1.807, 2.05) is 0 Å². The lowest BCUT2D eigenvalue weighted by Gasteiger charge is -1.93. The van der Waals surface area contributed by atoms with E-state index in [2.05, 4.69) is 10.2 Å². The molecule has 5 heteroatoms. The van der Waals surface area contributed by atoms with Crippen molar-refractivity contribution < 1.29 is 4.39 Å². The van der Waals surface area contributed by atoms with E-state index < -0.39 is 0 Å². The van der Waals surface area contributed by atoms with Crippen molar-refractivity contribution in [3.8, 4) is 10.6 Å². The standard InChI is InChI=1S/C10H8ClFN2S/c11-6-5-9-13-14-10(15-9)7-1-3-8(12)4-2-7/h1-4H,5-6H2. The Kier molecular flexibility index (Phi) is 3.28. The Labute approximate surface area is 95.7 Å². The largest absolute Gasteiger partial charge is 0.207 e. The third kappa shape index (κ3) is 2.52. The van der Waals surface area contributed by atoms with Crippen LogP contribution in [0.15, 0.2) is 24.3 Å². The van der Waals surface area contributed by atoms with Crippen molar-refractivity contribution in [2.24, 2.45) is 0 Å². The highest BCUT2D eigenvalue weighted by atomic mass is 35.5. The molecule has 0 fully saturated rings. The quantitative estimate of drug-likeness (QED) is 0.773. The number of alkyl halides is 1. The topological polar surface area (TPSA) is 25.8 Å². The van der Waals surface area contributed by atoms with Crippen LogP contribution in [-0.4, -0.2) is 16.1 Å². The summed E-state index contributed by atoms with van der Waals surface area (Å²) in [6.45, 7) is 0. The summed E-state index contributed by atoms with van der Waals surface area (Å²) >= 11 is 7.09. The lowest BCUT2D eigenvalue weighted by Crippen LogP contribution is -1.83. The normalized spacial score (nSPS) is 10.5. The Morgan fingerprint density at radius 3 is 2.60 bits per heavy atom. The summed E-state index contributed by atoms with van der Waals surface area (Å²) in [6, 6.07) is 6.22. The maximum Gasteiger partial charge on any atom is 0.147 e. The van der Waals surface area contributed by atoms with E-state index in [9.17, 15) is 4.39 Å². The van der Waals surface area contributed by atoms with Gasteiger partial charge in [-0.15, -0.1) is 21.8 Å². The molecule has 0 aliphatic heterocycles. The lowest BCUT2D eigenvalue weighted by molar-refractivity contribution is 0.628. The molecule has 2 aromatic rings. The molecule has 0 aliphatic rings. The maximum absolute atomic E-state index is 12.7. The molecule has 0 radical (unpaired) electrons. The van der Waals surface area contributed by atoms with Gasteiger partial charge in [0.2, 0.25) is 0 Å². The van der Waals surface area contributed by atoms with Crippen LogP contribution in [-0.2, 0) is 6.42 Å². The minimum Gasteiger partial charge on any atom is -0.207 e. The van der Waals surface area contributed by atoms with Crippen LogP contribution in [0.25, 0.3) is 10.6 Å². The molecule has 0 unspecified atom stereocenters. The Balaban J connectivity index is 2.25. The van der Waals surface area contributed by atoms with Gasteiger partial charge < -0.3 is 0 Å². The number of nitrogens with zero attached hydrogens (tertiary/aromatic N) is 2. The van der Waals surface area contributed by atoms with Gasteiger partial charge in [-0.25, -0.2) is 4.39 Å². The first-order valence-corrected chi connectivity index (χ1v) is 5.79. The monoisotopic (exact) mass is 242 g/mol. The highest BCUT2D eigenvalue weighted by Crippen LogP contribution is 2.23. The molecule has 0 bridgehead atoms. The highest BCUT2D eigenvalue weighted by Gasteiger charge is 2.05. The fourth-order valence-electron chi connectivity index (χ4n) is 1.14. The molecule has 1 aromatic carbocycles. The average Bonchev–Trinajstić information content (AvgIpc) is 2.68. The predicted octanol–water partition coefficient (Wildman–Crippen LogP) is 3.13. The van der Waals surface area contributed by atoms with Gasteiger partial charge in [0.1, 0.15) is 15.8 Å². The minimum atomic E-state index is -0.246. The molecule has 78 valence electrons. The molecule has 2 rings (SSSR count). The molecule has 0 aliphatic carbocycles. The van der Waals surface area contributed by atoms with Crippen molar-refractivity contribution in [3.05, 3.63) is 35.1 Å². The molecule has 0 spiro atoms. The van der Waals surface area contributed by atoms with Gasteiger partial charge in [0.15, 0.2) is 0 Å². The van der Waals surface area contributed by atoms with Crippen molar-refractivity contribution in [2.45, 2.75) is 6.42 Å². The summed E-state index contributed by atoms with van der Waals surface area (Å²) in [5.41, 5.74) is 0.884. The van der Waals surface area contributed by atoms with E-state index in [-0.39, 0.29) is 5.82 Å². The van der Waals surface area contributed by atoms with Gasteiger partial charge in [-0.05, 0) is 24.3 Å². The SMILES string of the molecule is Fc1ccc(-c2nnc(CCCl)s2)cc1. The van der Waals surface area contributed by atoms with Crippen LogP contribution >= 0.6 is 22.9 Å². The van der Waals surface area contributed by atoms with E-state index in [0.717, 1.165) is 22.0 Å². The van der Waals surface area contributed by atoms with Crippen LogP contribution in [0.3, 0.4) is 0 Å². The molecule has 15 heavy (non-hydrogen) atoms. The van der Waals surface area contributed by atoms with Gasteiger partial charge in [-0.2, -0.15) is 0 Å². The van der Waals surface area contributed by atoms with Crippen LogP contribution in [0.2, 0.25) is 0 Å². The van der Waals surface area contributed by atoms with E-state index in [1.165, 1.54) is 23.5 Å². The Hall–Kier alpha value is -1.00. The van der Waals surface area contributed by atoms with E-state index in [0.29, 0.717) is 5.88 Å². The summed E-state index contributed by atoms with van der Waals surface area (Å²) in [5.74, 6) is 0.294. The van der Waals surface area contributed by atoms with E-state index >= 15 is 0 Å². The molecule has 1 aromatic heterocycles. The first-order chi connectivity index (χ1) is 7.29. The molecule has 0 N–H and O–H groups in total. The Morgan fingerprint density at radius 2 is 1.93 bits per heavy atom. The fourth-order valence-corrected chi connectivity index (χ4v) is 2.28. The zero-order valence-electron chi connectivity index (χ0n) is 7.78. The first-order valence-electron chi connectivity index (χ1n) is 4.44. The Bertz CT molecular complexity index is 441. The summed E-state index contributed by atoms with van der Waals surface area (Å²) < 4.78 is 12.7. The summed E-state index contributed by atoms with van der Waals surface area (Å²) in [6.07, 6.45) is 0.723. The third-order valence-electron chi connectivity index (χ3n) is 1.87. The van der Waals surface area contributed by atoms with Crippen molar-refractivity contribution in [1.29, 1.82) is 0 Å². The van der Waals surface area contributed by atoms with Crippen molar-refractivity contribution in [3.63, 3.8) is 0 Å². The average molecular weight is 243 g/mol. The fraction of sp³-hybridized carbons (Fsp3) is 0.200. The van der Waals surface area contributed by atoms with Gasteiger partial charge in [-0.1, -0.05) is 11.3 Å². The second-order valence-electron chi connectivity index (χ2n) is 2.95. The van der Waals surface area contributed by atoms with Gasteiger partial charge >= 0.3 is 0 Å². The van der Waals surface area contributed by atoms with Crippen molar-refractivity contribution in [1.82, 2.24) is 10.2 Å². The van der Waals surface area contributed by atoms with E-state index in [1.54, 1.807) is 12.1 Å². The van der Waals surface area contributed by atoms with Crippen LogP contribution in [0, 0.1) is 5.82 Å². The highest BCUT2D eigenvalue weighted by molar-refractivity contribution is 7.14. The van der Waals surface area contributed by atoms with E-state index in [4.69, 9.17) is 11.6 Å². The molecule has 0 amide bonds. The second kappa shape index (κ2) is 4.68. The molecular formula is C10H8ClFN2S. The molecule has 2 nitrogen and oxygen atoms in total. The second-order valence-corrected chi connectivity index (χ2v) is 4.39. The first kappa shape index (κ1) is 10.5. The van der Waals surface area contributed by atoms with Gasteiger partial charge in [-0.3, -0.25) is 0 Å².